The van der Waals surface area contributed by atoms with Crippen LogP contribution >= 0.6 is 0 Å². The lowest BCUT2D eigenvalue weighted by Crippen LogP contribution is -2.48. The molecule has 0 saturated carbocycles. The number of aliphatic carboxylic acids is 1. The van der Waals surface area contributed by atoms with Crippen LogP contribution in [0.3, 0.4) is 0 Å². The molecule has 0 aromatic carbocycles. The fourth-order valence-electron chi connectivity index (χ4n) is 2.60. The van der Waals surface area contributed by atoms with E-state index in [-0.39, 0.29) is 19.6 Å². The third kappa shape index (κ3) is 6.33. The Bertz CT molecular complexity index is 374. The predicted octanol–water partition coefficient (Wildman–Crippen LogP) is 1.58. The Labute approximate surface area is 121 Å². The summed E-state index contributed by atoms with van der Waals surface area (Å²) in [6, 6.07) is 0. The van der Waals surface area contributed by atoms with Gasteiger partial charge in [0.1, 0.15) is 6.54 Å². The first-order chi connectivity index (χ1) is 9.73. The third-order valence-corrected chi connectivity index (χ3v) is 3.39. The van der Waals surface area contributed by atoms with Crippen molar-refractivity contribution in [1.29, 1.82) is 0 Å². The maximum Gasteiger partial charge on any atom is 0.406 e. The normalized spacial score (nSPS) is 20.3. The number of carbonyl (C=O) groups is 2. The Hall–Kier alpha value is -1.31. The monoisotopic (exact) mass is 310 g/mol. The van der Waals surface area contributed by atoms with E-state index in [1.54, 1.807) is 11.8 Å². The van der Waals surface area contributed by atoms with Crippen molar-refractivity contribution >= 4 is 11.9 Å². The summed E-state index contributed by atoms with van der Waals surface area (Å²) in [5, 5.41) is 8.75. The first kappa shape index (κ1) is 17.7. The van der Waals surface area contributed by atoms with Gasteiger partial charge in [0.2, 0.25) is 5.91 Å². The highest BCUT2D eigenvalue weighted by atomic mass is 19.4. The maximum absolute atomic E-state index is 12.5. The average Bonchev–Trinajstić information content (AvgIpc) is 2.35. The Morgan fingerprint density at radius 1 is 1.38 bits per heavy atom. The standard InChI is InChI=1S/C13H21F3N2O3/c1-2-5-18(9-13(14,15)16)12(21)10-4-3-6-17(7-10)8-11(19)20/h10H,2-9H2,1H3,(H,19,20)/t10-/m0/s1. The van der Waals surface area contributed by atoms with Gasteiger partial charge in [-0.05, 0) is 25.8 Å². The van der Waals surface area contributed by atoms with Gasteiger partial charge in [0.05, 0.1) is 12.5 Å². The molecule has 122 valence electrons. The van der Waals surface area contributed by atoms with Gasteiger partial charge in [0, 0.05) is 13.1 Å². The minimum atomic E-state index is -4.42. The van der Waals surface area contributed by atoms with Crippen molar-refractivity contribution in [3.63, 3.8) is 0 Å². The Morgan fingerprint density at radius 3 is 2.57 bits per heavy atom. The fraction of sp³-hybridized carbons (Fsp3) is 0.846. The Balaban J connectivity index is 2.66. The molecule has 0 aliphatic carbocycles. The zero-order valence-electron chi connectivity index (χ0n) is 12.0. The van der Waals surface area contributed by atoms with E-state index in [2.05, 4.69) is 0 Å². The van der Waals surface area contributed by atoms with Crippen LogP contribution in [-0.2, 0) is 9.59 Å². The molecule has 1 fully saturated rings. The van der Waals surface area contributed by atoms with Gasteiger partial charge >= 0.3 is 12.1 Å². The minimum absolute atomic E-state index is 0.0633. The number of amides is 1. The largest absolute Gasteiger partial charge is 0.480 e. The number of halogens is 3. The van der Waals surface area contributed by atoms with Crippen LogP contribution in [0.4, 0.5) is 13.2 Å². The van der Waals surface area contributed by atoms with Crippen molar-refractivity contribution in [3.05, 3.63) is 0 Å². The molecule has 0 aromatic rings. The number of hydrogen-bond donors (Lipinski definition) is 1. The molecule has 5 nitrogen and oxygen atoms in total. The number of rotatable bonds is 6. The molecular formula is C13H21F3N2O3. The summed E-state index contributed by atoms with van der Waals surface area (Å²) in [5.74, 6) is -2.07. The van der Waals surface area contributed by atoms with E-state index < -0.39 is 30.5 Å². The number of piperidine rings is 1. The minimum Gasteiger partial charge on any atom is -0.480 e. The van der Waals surface area contributed by atoms with E-state index in [4.69, 9.17) is 5.11 Å². The van der Waals surface area contributed by atoms with Crippen molar-refractivity contribution < 1.29 is 27.9 Å². The molecule has 1 aliphatic rings. The van der Waals surface area contributed by atoms with Gasteiger partial charge in [-0.1, -0.05) is 6.92 Å². The average molecular weight is 310 g/mol. The molecule has 8 heteroatoms. The lowest BCUT2D eigenvalue weighted by atomic mass is 9.96. The van der Waals surface area contributed by atoms with Gasteiger partial charge in [-0.15, -0.1) is 0 Å². The second kappa shape index (κ2) is 7.63. The molecule has 0 spiro atoms. The topological polar surface area (TPSA) is 60.9 Å². The van der Waals surface area contributed by atoms with Crippen molar-refractivity contribution in [2.24, 2.45) is 5.92 Å². The van der Waals surface area contributed by atoms with Gasteiger partial charge < -0.3 is 10.0 Å². The summed E-state index contributed by atoms with van der Waals surface area (Å²) < 4.78 is 37.6. The zero-order valence-corrected chi connectivity index (χ0v) is 12.0. The molecule has 1 saturated heterocycles. The SMILES string of the molecule is CCCN(CC(F)(F)F)C(=O)[C@H]1CCCN(CC(=O)O)C1. The van der Waals surface area contributed by atoms with Crippen LogP contribution in [-0.4, -0.2) is 65.7 Å². The zero-order chi connectivity index (χ0) is 16.0. The van der Waals surface area contributed by atoms with Crippen LogP contribution in [0.5, 0.6) is 0 Å². The molecule has 1 amide bonds. The highest BCUT2D eigenvalue weighted by Crippen LogP contribution is 2.22. The lowest BCUT2D eigenvalue weighted by molar-refractivity contribution is -0.165. The van der Waals surface area contributed by atoms with E-state index in [1.165, 1.54) is 0 Å². The third-order valence-electron chi connectivity index (χ3n) is 3.39. The first-order valence-electron chi connectivity index (χ1n) is 7.02. The number of carbonyl (C=O) groups excluding carboxylic acids is 1. The number of carboxylic acids is 1. The van der Waals surface area contributed by atoms with Crippen LogP contribution in [0, 0.1) is 5.92 Å². The maximum atomic E-state index is 12.5. The number of hydrogen-bond acceptors (Lipinski definition) is 3. The van der Waals surface area contributed by atoms with Crippen molar-refractivity contribution in [2.75, 3.05) is 32.7 Å². The predicted molar refractivity (Wildman–Crippen MR) is 69.7 cm³/mol. The number of carboxylic acid groups (broad SMARTS) is 1. The second-order valence-corrected chi connectivity index (χ2v) is 5.34. The molecule has 1 heterocycles. The summed E-state index contributed by atoms with van der Waals surface area (Å²) in [6.45, 7) is 1.13. The molecule has 1 rings (SSSR count). The van der Waals surface area contributed by atoms with Crippen LogP contribution in [0.1, 0.15) is 26.2 Å². The van der Waals surface area contributed by atoms with Crippen LogP contribution in [0.2, 0.25) is 0 Å². The molecule has 0 aromatic heterocycles. The van der Waals surface area contributed by atoms with Crippen LogP contribution < -0.4 is 0 Å². The fourth-order valence-corrected chi connectivity index (χ4v) is 2.60. The number of nitrogens with zero attached hydrogens (tertiary/aromatic N) is 2. The van der Waals surface area contributed by atoms with E-state index in [1.807, 2.05) is 0 Å². The van der Waals surface area contributed by atoms with E-state index in [0.717, 1.165) is 4.90 Å². The summed E-state index contributed by atoms with van der Waals surface area (Å²) in [5.41, 5.74) is 0. The summed E-state index contributed by atoms with van der Waals surface area (Å²) in [4.78, 5) is 25.4. The first-order valence-corrected chi connectivity index (χ1v) is 7.02. The molecular weight excluding hydrogens is 289 g/mol. The number of alkyl halides is 3. The highest BCUT2D eigenvalue weighted by molar-refractivity contribution is 5.79. The Kier molecular flexibility index (Phi) is 6.44. The summed E-state index contributed by atoms with van der Waals surface area (Å²) in [6.07, 6.45) is -2.84. The van der Waals surface area contributed by atoms with E-state index in [0.29, 0.717) is 25.8 Å². The molecule has 1 aliphatic heterocycles. The van der Waals surface area contributed by atoms with Gasteiger partial charge in [0.25, 0.3) is 0 Å². The quantitative estimate of drug-likeness (QED) is 0.809. The molecule has 1 N–H and O–H groups in total. The van der Waals surface area contributed by atoms with Gasteiger partial charge in [-0.2, -0.15) is 13.2 Å². The van der Waals surface area contributed by atoms with Gasteiger partial charge in [0.15, 0.2) is 0 Å². The smallest absolute Gasteiger partial charge is 0.406 e. The molecule has 0 bridgehead atoms. The number of likely N-dealkylation sites (tertiary alicyclic amines) is 1. The van der Waals surface area contributed by atoms with E-state index >= 15 is 0 Å². The van der Waals surface area contributed by atoms with E-state index in [9.17, 15) is 22.8 Å². The van der Waals surface area contributed by atoms with Crippen LogP contribution in [0.25, 0.3) is 0 Å². The van der Waals surface area contributed by atoms with Crippen LogP contribution in [0.15, 0.2) is 0 Å². The molecule has 21 heavy (non-hydrogen) atoms. The Morgan fingerprint density at radius 2 is 2.05 bits per heavy atom. The van der Waals surface area contributed by atoms with Gasteiger partial charge in [-0.25, -0.2) is 0 Å². The van der Waals surface area contributed by atoms with Gasteiger partial charge in [-0.3, -0.25) is 14.5 Å². The molecule has 0 unspecified atom stereocenters. The van der Waals surface area contributed by atoms with Crippen molar-refractivity contribution in [3.8, 4) is 0 Å². The lowest BCUT2D eigenvalue weighted by Gasteiger charge is -2.34. The summed E-state index contributed by atoms with van der Waals surface area (Å²) >= 11 is 0. The van der Waals surface area contributed by atoms with Crippen molar-refractivity contribution in [1.82, 2.24) is 9.80 Å². The van der Waals surface area contributed by atoms with Crippen molar-refractivity contribution in [2.45, 2.75) is 32.4 Å². The summed E-state index contributed by atoms with van der Waals surface area (Å²) in [7, 11) is 0. The molecule has 1 atom stereocenters. The molecule has 0 radical (unpaired) electrons. The second-order valence-electron chi connectivity index (χ2n) is 5.34. The highest BCUT2D eigenvalue weighted by Gasteiger charge is 2.36.